The third kappa shape index (κ3) is 4.03. The molecule has 0 amide bonds. The van der Waals surface area contributed by atoms with Gasteiger partial charge in [-0.1, -0.05) is 58.9 Å². The van der Waals surface area contributed by atoms with E-state index in [1.54, 1.807) is 23.5 Å². The number of benzene rings is 4. The first-order valence-electron chi connectivity index (χ1n) is 8.98. The fraction of sp³-hybridized carbons (Fsp3) is 0. The molecular weight excluding hydrogens is 455 g/mol. The van der Waals surface area contributed by atoms with Crippen LogP contribution < -0.4 is 0 Å². The fourth-order valence-corrected chi connectivity index (χ4v) is 6.75. The van der Waals surface area contributed by atoms with Gasteiger partial charge in [0.1, 0.15) is 0 Å². The van der Waals surface area contributed by atoms with Crippen molar-refractivity contribution in [1.82, 2.24) is 0 Å². The Morgan fingerprint density at radius 3 is 1.34 bits per heavy atom. The lowest BCUT2D eigenvalue weighted by Crippen LogP contribution is -1.79. The summed E-state index contributed by atoms with van der Waals surface area (Å²) in [6.07, 6.45) is 0. The van der Waals surface area contributed by atoms with Crippen molar-refractivity contribution in [3.63, 3.8) is 0 Å². The zero-order chi connectivity index (χ0) is 19.8. The van der Waals surface area contributed by atoms with E-state index in [2.05, 4.69) is 60.7 Å². The van der Waals surface area contributed by atoms with Crippen LogP contribution in [0, 0.1) is 0 Å². The average molecular weight is 469 g/mol. The number of hydrogen-bond donors (Lipinski definition) is 0. The van der Waals surface area contributed by atoms with E-state index < -0.39 is 0 Å². The molecule has 1 aromatic heterocycles. The van der Waals surface area contributed by atoms with Crippen molar-refractivity contribution in [2.24, 2.45) is 0 Å². The molecule has 1 heterocycles. The summed E-state index contributed by atoms with van der Waals surface area (Å²) >= 11 is 17.5. The highest BCUT2D eigenvalue weighted by atomic mass is 35.5. The normalized spacial score (nSPS) is 11.4. The maximum Gasteiger partial charge on any atom is 0.0406 e. The first kappa shape index (κ1) is 19.3. The van der Waals surface area contributed by atoms with E-state index in [1.807, 2.05) is 35.6 Å². The van der Waals surface area contributed by atoms with Crippen molar-refractivity contribution >= 4 is 78.2 Å². The van der Waals surface area contributed by atoms with E-state index in [4.69, 9.17) is 23.2 Å². The maximum atomic E-state index is 6.06. The molecule has 5 rings (SSSR count). The van der Waals surface area contributed by atoms with Crippen LogP contribution in [0.5, 0.6) is 0 Å². The lowest BCUT2D eigenvalue weighted by molar-refractivity contribution is 1.43. The molecule has 0 nitrogen and oxygen atoms in total. The van der Waals surface area contributed by atoms with Crippen LogP contribution >= 0.6 is 58.1 Å². The third-order valence-corrected chi connectivity index (χ3v) is 8.29. The SMILES string of the molecule is Clc1ccc(Sc2cccc3sc4cccc(Sc5ccc(Cl)cc5)c4c23)cc1. The molecule has 0 fully saturated rings. The summed E-state index contributed by atoms with van der Waals surface area (Å²) < 4.78 is 2.62. The van der Waals surface area contributed by atoms with E-state index in [0.29, 0.717) is 0 Å². The minimum Gasteiger partial charge on any atom is -0.135 e. The predicted molar refractivity (Wildman–Crippen MR) is 130 cm³/mol. The Labute approximate surface area is 191 Å². The second-order valence-electron chi connectivity index (χ2n) is 6.47. The molecule has 0 saturated carbocycles. The van der Waals surface area contributed by atoms with Gasteiger partial charge >= 0.3 is 0 Å². The number of halogens is 2. The van der Waals surface area contributed by atoms with Crippen molar-refractivity contribution in [3.05, 3.63) is 95.0 Å². The summed E-state index contributed by atoms with van der Waals surface area (Å²) in [6.45, 7) is 0. The highest BCUT2D eigenvalue weighted by Gasteiger charge is 2.14. The largest absolute Gasteiger partial charge is 0.135 e. The Balaban J connectivity index is 1.65. The smallest absolute Gasteiger partial charge is 0.0406 e. The minimum atomic E-state index is 0.759. The number of rotatable bonds is 4. The second kappa shape index (κ2) is 8.25. The Morgan fingerprint density at radius 1 is 0.517 bits per heavy atom. The van der Waals surface area contributed by atoms with Gasteiger partial charge in [-0.3, -0.25) is 0 Å². The molecule has 0 atom stereocenters. The molecule has 0 saturated heterocycles. The monoisotopic (exact) mass is 468 g/mol. The summed E-state index contributed by atoms with van der Waals surface area (Å²) in [5.41, 5.74) is 0. The summed E-state index contributed by atoms with van der Waals surface area (Å²) in [5, 5.41) is 4.17. The lowest BCUT2D eigenvalue weighted by atomic mass is 10.1. The van der Waals surface area contributed by atoms with Crippen LogP contribution in [0.3, 0.4) is 0 Å². The Bertz CT molecular complexity index is 1200. The molecule has 0 radical (unpaired) electrons. The van der Waals surface area contributed by atoms with E-state index in [9.17, 15) is 0 Å². The summed E-state index contributed by atoms with van der Waals surface area (Å²) in [5.74, 6) is 0. The molecule has 29 heavy (non-hydrogen) atoms. The van der Waals surface area contributed by atoms with Gasteiger partial charge in [-0.15, -0.1) is 11.3 Å². The molecule has 4 aromatic carbocycles. The maximum absolute atomic E-state index is 6.06. The van der Waals surface area contributed by atoms with Crippen LogP contribution in [-0.2, 0) is 0 Å². The molecular formula is C24H14Cl2S3. The van der Waals surface area contributed by atoms with Gasteiger partial charge < -0.3 is 0 Å². The topological polar surface area (TPSA) is 0 Å². The molecule has 0 aliphatic heterocycles. The zero-order valence-corrected chi connectivity index (χ0v) is 19.0. The van der Waals surface area contributed by atoms with E-state index in [0.717, 1.165) is 10.0 Å². The van der Waals surface area contributed by atoms with E-state index in [-0.39, 0.29) is 0 Å². The number of thiophene rings is 1. The van der Waals surface area contributed by atoms with Crippen LogP contribution in [0.15, 0.2) is 105 Å². The summed E-state index contributed by atoms with van der Waals surface area (Å²) in [4.78, 5) is 4.90. The molecule has 0 N–H and O–H groups in total. The number of fused-ring (bicyclic) bond motifs is 3. The molecule has 5 aromatic rings. The standard InChI is InChI=1S/C24H14Cl2S3/c25-15-7-11-17(12-8-15)27-19-3-1-5-21-23(19)24-20(4-2-6-22(24)29-21)28-18-13-9-16(26)10-14-18/h1-14H. The van der Waals surface area contributed by atoms with Gasteiger partial charge in [0.2, 0.25) is 0 Å². The first-order chi connectivity index (χ1) is 14.2. The van der Waals surface area contributed by atoms with Gasteiger partial charge in [0, 0.05) is 49.8 Å². The molecule has 5 heteroatoms. The van der Waals surface area contributed by atoms with Crippen LogP contribution in [0.1, 0.15) is 0 Å². The van der Waals surface area contributed by atoms with Crippen LogP contribution in [-0.4, -0.2) is 0 Å². The van der Waals surface area contributed by atoms with E-state index >= 15 is 0 Å². The molecule has 0 aliphatic rings. The van der Waals surface area contributed by atoms with Crippen LogP contribution in [0.2, 0.25) is 10.0 Å². The first-order valence-corrected chi connectivity index (χ1v) is 12.2. The summed E-state index contributed by atoms with van der Waals surface area (Å²) in [6, 6.07) is 29.2. The third-order valence-electron chi connectivity index (χ3n) is 4.53. The van der Waals surface area contributed by atoms with Gasteiger partial charge in [-0.05, 0) is 72.8 Å². The Hall–Kier alpha value is -1.62. The van der Waals surface area contributed by atoms with Crippen LogP contribution in [0.4, 0.5) is 0 Å². The van der Waals surface area contributed by atoms with Crippen molar-refractivity contribution in [1.29, 1.82) is 0 Å². The molecule has 142 valence electrons. The van der Waals surface area contributed by atoms with Crippen molar-refractivity contribution in [2.75, 3.05) is 0 Å². The predicted octanol–water partition coefficient (Wildman–Crippen LogP) is 9.66. The Kier molecular flexibility index (Phi) is 5.51. The molecule has 0 spiro atoms. The van der Waals surface area contributed by atoms with Gasteiger partial charge in [0.25, 0.3) is 0 Å². The van der Waals surface area contributed by atoms with E-state index in [1.165, 1.54) is 39.8 Å². The van der Waals surface area contributed by atoms with Gasteiger partial charge in [-0.25, -0.2) is 0 Å². The minimum absolute atomic E-state index is 0.759. The zero-order valence-electron chi connectivity index (χ0n) is 15.1. The molecule has 0 bridgehead atoms. The van der Waals surface area contributed by atoms with Crippen molar-refractivity contribution in [3.8, 4) is 0 Å². The van der Waals surface area contributed by atoms with Crippen molar-refractivity contribution in [2.45, 2.75) is 19.6 Å². The molecule has 0 unspecified atom stereocenters. The average Bonchev–Trinajstić information content (AvgIpc) is 3.12. The van der Waals surface area contributed by atoms with Gasteiger partial charge in [0.05, 0.1) is 0 Å². The van der Waals surface area contributed by atoms with Gasteiger partial charge in [0.15, 0.2) is 0 Å². The Morgan fingerprint density at radius 2 is 0.931 bits per heavy atom. The highest BCUT2D eigenvalue weighted by molar-refractivity contribution is 8.00. The quantitative estimate of drug-likeness (QED) is 0.257. The summed E-state index contributed by atoms with van der Waals surface area (Å²) in [7, 11) is 0. The van der Waals surface area contributed by atoms with Crippen LogP contribution in [0.25, 0.3) is 20.2 Å². The van der Waals surface area contributed by atoms with Crippen molar-refractivity contribution < 1.29 is 0 Å². The van der Waals surface area contributed by atoms with Gasteiger partial charge in [-0.2, -0.15) is 0 Å². The molecule has 0 aliphatic carbocycles. The highest BCUT2D eigenvalue weighted by Crippen LogP contribution is 2.46. The fourth-order valence-electron chi connectivity index (χ4n) is 3.23. The number of hydrogen-bond acceptors (Lipinski definition) is 3. The second-order valence-corrected chi connectivity index (χ2v) is 10.7. The lowest BCUT2D eigenvalue weighted by Gasteiger charge is -2.08.